The second-order valence-corrected chi connectivity index (χ2v) is 6.89. The van der Waals surface area contributed by atoms with Gasteiger partial charge in [-0.2, -0.15) is 0 Å². The van der Waals surface area contributed by atoms with E-state index in [2.05, 4.69) is 5.32 Å². The average molecular weight is 311 g/mol. The maximum atomic E-state index is 12.7. The number of morpholine rings is 1. The summed E-state index contributed by atoms with van der Waals surface area (Å²) in [5.74, 6) is 0.0909. The van der Waals surface area contributed by atoms with E-state index in [1.807, 2.05) is 32.6 Å². The van der Waals surface area contributed by atoms with Crippen molar-refractivity contribution in [1.82, 2.24) is 15.1 Å². The highest BCUT2D eigenvalue weighted by Crippen LogP contribution is 2.21. The van der Waals surface area contributed by atoms with Gasteiger partial charge in [0.05, 0.1) is 18.1 Å². The van der Waals surface area contributed by atoms with Gasteiger partial charge in [0.2, 0.25) is 5.91 Å². The first kappa shape index (κ1) is 17.1. The zero-order valence-corrected chi connectivity index (χ0v) is 14.2. The Morgan fingerprint density at radius 1 is 1.09 bits per heavy atom. The lowest BCUT2D eigenvalue weighted by molar-refractivity contribution is -0.148. The number of nitrogens with zero attached hydrogens (tertiary/aromatic N) is 2. The molecule has 2 fully saturated rings. The molecule has 6 nitrogen and oxygen atoms in total. The highest BCUT2D eigenvalue weighted by molar-refractivity contribution is 5.81. The second kappa shape index (κ2) is 7.31. The number of likely N-dealkylation sites (tertiary alicyclic amines) is 1. The Morgan fingerprint density at radius 3 is 2.32 bits per heavy atom. The number of nitrogens with one attached hydrogen (secondary N) is 1. The van der Waals surface area contributed by atoms with E-state index < -0.39 is 0 Å². The predicted molar refractivity (Wildman–Crippen MR) is 84.6 cm³/mol. The van der Waals surface area contributed by atoms with Crippen molar-refractivity contribution in [1.29, 1.82) is 0 Å². The molecule has 0 aromatic rings. The van der Waals surface area contributed by atoms with Crippen LogP contribution in [0, 0.1) is 5.92 Å². The van der Waals surface area contributed by atoms with E-state index >= 15 is 0 Å². The molecule has 2 aliphatic heterocycles. The maximum Gasteiger partial charge on any atom is 0.317 e. The van der Waals surface area contributed by atoms with Crippen molar-refractivity contribution in [3.63, 3.8) is 0 Å². The van der Waals surface area contributed by atoms with Gasteiger partial charge in [-0.1, -0.05) is 0 Å². The molecule has 0 unspecified atom stereocenters. The number of amides is 3. The number of carbonyl (C=O) groups excluding carboxylic acids is 2. The lowest BCUT2D eigenvalue weighted by Crippen LogP contribution is -2.54. The Hall–Kier alpha value is -1.30. The number of piperidine rings is 1. The number of ether oxygens (including phenoxy) is 1. The molecule has 22 heavy (non-hydrogen) atoms. The van der Waals surface area contributed by atoms with E-state index in [4.69, 9.17) is 4.74 Å². The van der Waals surface area contributed by atoms with E-state index in [9.17, 15) is 9.59 Å². The van der Waals surface area contributed by atoms with Gasteiger partial charge in [-0.3, -0.25) is 4.79 Å². The molecule has 0 spiro atoms. The summed E-state index contributed by atoms with van der Waals surface area (Å²) < 4.78 is 5.69. The van der Waals surface area contributed by atoms with Crippen molar-refractivity contribution in [2.45, 2.75) is 58.8 Å². The van der Waals surface area contributed by atoms with Crippen LogP contribution >= 0.6 is 0 Å². The molecule has 6 heteroatoms. The van der Waals surface area contributed by atoms with Crippen LogP contribution in [0.15, 0.2) is 0 Å². The summed E-state index contributed by atoms with van der Waals surface area (Å²) in [6, 6.07) is 0.0562. The Balaban J connectivity index is 1.93. The monoisotopic (exact) mass is 311 g/mol. The SMILES string of the molecule is CC(C)NC(=O)N1CCC[C@@H](C(=O)N2C[C@@H](C)O[C@@H](C)C2)C1. The first-order valence-electron chi connectivity index (χ1n) is 8.36. The van der Waals surface area contributed by atoms with Crippen LogP contribution in [0.3, 0.4) is 0 Å². The van der Waals surface area contributed by atoms with Crippen molar-refractivity contribution >= 4 is 11.9 Å². The molecule has 2 heterocycles. The van der Waals surface area contributed by atoms with Crippen LogP contribution in [0.5, 0.6) is 0 Å². The summed E-state index contributed by atoms with van der Waals surface area (Å²) in [5.41, 5.74) is 0. The van der Waals surface area contributed by atoms with Crippen molar-refractivity contribution < 1.29 is 14.3 Å². The van der Waals surface area contributed by atoms with E-state index in [0.717, 1.165) is 19.4 Å². The molecule has 2 saturated heterocycles. The summed E-state index contributed by atoms with van der Waals surface area (Å²) in [4.78, 5) is 28.6. The Bertz CT molecular complexity index is 403. The molecular formula is C16H29N3O3. The van der Waals surface area contributed by atoms with Crippen molar-refractivity contribution in [3.8, 4) is 0 Å². The fourth-order valence-electron chi connectivity index (χ4n) is 3.32. The highest BCUT2D eigenvalue weighted by atomic mass is 16.5. The zero-order chi connectivity index (χ0) is 16.3. The van der Waals surface area contributed by atoms with E-state index in [0.29, 0.717) is 19.6 Å². The minimum Gasteiger partial charge on any atom is -0.372 e. The lowest BCUT2D eigenvalue weighted by Gasteiger charge is -2.39. The van der Waals surface area contributed by atoms with Gasteiger partial charge in [-0.15, -0.1) is 0 Å². The van der Waals surface area contributed by atoms with Crippen LogP contribution in [-0.2, 0) is 9.53 Å². The number of carbonyl (C=O) groups is 2. The third kappa shape index (κ3) is 4.35. The zero-order valence-electron chi connectivity index (χ0n) is 14.2. The number of urea groups is 1. The van der Waals surface area contributed by atoms with E-state index in [1.165, 1.54) is 0 Å². The first-order chi connectivity index (χ1) is 10.4. The van der Waals surface area contributed by atoms with Gasteiger partial charge in [-0.25, -0.2) is 4.79 Å². The maximum absolute atomic E-state index is 12.7. The summed E-state index contributed by atoms with van der Waals surface area (Å²) in [5, 5.41) is 2.91. The van der Waals surface area contributed by atoms with Gasteiger partial charge in [-0.05, 0) is 40.5 Å². The minimum atomic E-state index is -0.0795. The molecule has 0 saturated carbocycles. The molecule has 2 aliphatic rings. The Morgan fingerprint density at radius 2 is 1.73 bits per heavy atom. The molecule has 3 amide bonds. The molecule has 2 rings (SSSR count). The van der Waals surface area contributed by atoms with Crippen LogP contribution in [0.2, 0.25) is 0 Å². The number of hydrogen-bond acceptors (Lipinski definition) is 3. The third-order valence-electron chi connectivity index (χ3n) is 4.20. The Labute approximate surface area is 133 Å². The average Bonchev–Trinajstić information content (AvgIpc) is 2.45. The van der Waals surface area contributed by atoms with Crippen LogP contribution in [-0.4, -0.2) is 66.2 Å². The smallest absolute Gasteiger partial charge is 0.317 e. The second-order valence-electron chi connectivity index (χ2n) is 6.89. The van der Waals surface area contributed by atoms with E-state index in [-0.39, 0.29) is 36.1 Å². The molecule has 126 valence electrons. The molecule has 1 N–H and O–H groups in total. The van der Waals surface area contributed by atoms with Crippen molar-refractivity contribution in [2.24, 2.45) is 5.92 Å². The normalized spacial score (nSPS) is 29.6. The van der Waals surface area contributed by atoms with Gasteiger partial charge in [0, 0.05) is 32.2 Å². The number of rotatable bonds is 2. The Kier molecular flexibility index (Phi) is 5.67. The molecule has 3 atom stereocenters. The van der Waals surface area contributed by atoms with Crippen LogP contribution in [0.25, 0.3) is 0 Å². The van der Waals surface area contributed by atoms with Crippen molar-refractivity contribution in [3.05, 3.63) is 0 Å². The topological polar surface area (TPSA) is 61.9 Å². The van der Waals surface area contributed by atoms with Crippen molar-refractivity contribution in [2.75, 3.05) is 26.2 Å². The van der Waals surface area contributed by atoms with Gasteiger partial charge in [0.1, 0.15) is 0 Å². The van der Waals surface area contributed by atoms with Crippen LogP contribution < -0.4 is 5.32 Å². The molecule has 0 aromatic carbocycles. The molecular weight excluding hydrogens is 282 g/mol. The predicted octanol–water partition coefficient (Wildman–Crippen LogP) is 1.45. The van der Waals surface area contributed by atoms with Gasteiger partial charge in [0.15, 0.2) is 0 Å². The van der Waals surface area contributed by atoms with Crippen LogP contribution in [0.1, 0.15) is 40.5 Å². The summed E-state index contributed by atoms with van der Waals surface area (Å²) in [6.45, 7) is 10.5. The molecule has 0 bridgehead atoms. The summed E-state index contributed by atoms with van der Waals surface area (Å²) >= 11 is 0. The molecule has 0 aliphatic carbocycles. The number of hydrogen-bond donors (Lipinski definition) is 1. The quantitative estimate of drug-likeness (QED) is 0.839. The van der Waals surface area contributed by atoms with E-state index in [1.54, 1.807) is 4.90 Å². The molecule has 0 radical (unpaired) electrons. The fourth-order valence-corrected chi connectivity index (χ4v) is 3.32. The minimum absolute atomic E-state index is 0.0591. The summed E-state index contributed by atoms with van der Waals surface area (Å²) in [6.07, 6.45) is 1.91. The third-order valence-corrected chi connectivity index (χ3v) is 4.20. The molecule has 0 aromatic heterocycles. The summed E-state index contributed by atoms with van der Waals surface area (Å²) in [7, 11) is 0. The van der Waals surface area contributed by atoms with Crippen LogP contribution in [0.4, 0.5) is 4.79 Å². The first-order valence-corrected chi connectivity index (χ1v) is 8.36. The van der Waals surface area contributed by atoms with Gasteiger partial charge in [0.25, 0.3) is 0 Å². The van der Waals surface area contributed by atoms with Gasteiger partial charge >= 0.3 is 6.03 Å². The largest absolute Gasteiger partial charge is 0.372 e. The highest BCUT2D eigenvalue weighted by Gasteiger charge is 2.34. The standard InChI is InChI=1S/C16H29N3O3/c1-11(2)17-16(21)18-7-5-6-14(10-18)15(20)19-8-12(3)22-13(4)9-19/h11-14H,5-10H2,1-4H3,(H,17,21)/t12-,13+,14-/m1/s1. The fraction of sp³-hybridized carbons (Fsp3) is 0.875. The van der Waals surface area contributed by atoms with Gasteiger partial charge < -0.3 is 19.9 Å². The lowest BCUT2D eigenvalue weighted by atomic mass is 9.96.